The molecule has 1 amide bonds. The Bertz CT molecular complexity index is 1020. The number of carbonyl (C=O) groups is 2. The van der Waals surface area contributed by atoms with Crippen LogP contribution in [0.25, 0.3) is 5.76 Å². The predicted octanol–water partition coefficient (Wildman–Crippen LogP) is 4.72. The third-order valence-electron chi connectivity index (χ3n) is 5.33. The molecule has 34 heavy (non-hydrogen) atoms. The molecule has 0 radical (unpaired) electrons. The van der Waals surface area contributed by atoms with Gasteiger partial charge in [-0.15, -0.1) is 0 Å². The van der Waals surface area contributed by atoms with Gasteiger partial charge in [0.2, 0.25) is 0 Å². The van der Waals surface area contributed by atoms with Gasteiger partial charge in [-0.1, -0.05) is 12.1 Å². The van der Waals surface area contributed by atoms with E-state index in [0.29, 0.717) is 29.2 Å². The van der Waals surface area contributed by atoms with Crippen LogP contribution >= 0.6 is 0 Å². The van der Waals surface area contributed by atoms with E-state index in [-0.39, 0.29) is 36.7 Å². The number of Topliss-reactive ketones (excluding diaryl/α,β-unsaturated/α-hetero) is 1. The van der Waals surface area contributed by atoms with Crippen molar-refractivity contribution in [1.82, 2.24) is 4.90 Å². The van der Waals surface area contributed by atoms with Gasteiger partial charge in [0.05, 0.1) is 37.0 Å². The van der Waals surface area contributed by atoms with Gasteiger partial charge in [-0.2, -0.15) is 0 Å². The molecule has 0 aliphatic carbocycles. The molecule has 2 aromatic carbocycles. The third kappa shape index (κ3) is 5.78. The monoisotopic (exact) mass is 467 g/mol. The Kier molecular flexibility index (Phi) is 8.34. The maximum atomic E-state index is 13.1. The minimum absolute atomic E-state index is 0.00711. The fraction of sp³-hybridized carbons (Fsp3) is 0.407. The molecule has 1 saturated heterocycles. The van der Waals surface area contributed by atoms with Crippen molar-refractivity contribution in [2.75, 3.05) is 19.8 Å². The van der Waals surface area contributed by atoms with Gasteiger partial charge in [-0.05, 0) is 76.6 Å². The Hall–Kier alpha value is -3.32. The molecule has 2 aromatic rings. The van der Waals surface area contributed by atoms with Gasteiger partial charge in [0, 0.05) is 12.1 Å². The highest BCUT2D eigenvalue weighted by molar-refractivity contribution is 6.46. The van der Waals surface area contributed by atoms with E-state index in [2.05, 4.69) is 0 Å². The molecule has 3 rings (SSSR count). The zero-order valence-corrected chi connectivity index (χ0v) is 20.4. The van der Waals surface area contributed by atoms with Crippen LogP contribution in [-0.4, -0.2) is 53.7 Å². The Balaban J connectivity index is 2.02. The number of rotatable bonds is 10. The molecule has 0 aromatic heterocycles. The lowest BCUT2D eigenvalue weighted by Crippen LogP contribution is -2.33. The Morgan fingerprint density at radius 3 is 2.12 bits per heavy atom. The maximum Gasteiger partial charge on any atom is 0.295 e. The van der Waals surface area contributed by atoms with Crippen LogP contribution in [0.2, 0.25) is 0 Å². The number of hydrogen-bond donors (Lipinski definition) is 1. The van der Waals surface area contributed by atoms with E-state index in [1.807, 2.05) is 46.8 Å². The number of aliphatic hydroxyl groups is 1. The summed E-state index contributed by atoms with van der Waals surface area (Å²) in [7, 11) is 0. The minimum atomic E-state index is -0.738. The van der Waals surface area contributed by atoms with Gasteiger partial charge < -0.3 is 24.2 Å². The van der Waals surface area contributed by atoms with E-state index in [1.165, 1.54) is 4.90 Å². The Morgan fingerprint density at radius 2 is 1.56 bits per heavy atom. The van der Waals surface area contributed by atoms with Crippen molar-refractivity contribution in [1.29, 1.82) is 0 Å². The summed E-state index contributed by atoms with van der Waals surface area (Å²) in [5.74, 6) is -0.260. The summed E-state index contributed by atoms with van der Waals surface area (Å²) in [6, 6.07) is 13.3. The SMILES string of the molecule is CCOc1ccc(C2/C(=C(/O)c3ccc(OC(C)C)cc3)C(=O)C(=O)N2CCOC(C)C)cc1. The first-order chi connectivity index (χ1) is 16.2. The molecule has 0 spiro atoms. The van der Waals surface area contributed by atoms with Crippen LogP contribution in [0.4, 0.5) is 0 Å². The molecule has 1 N–H and O–H groups in total. The quantitative estimate of drug-likeness (QED) is 0.309. The Morgan fingerprint density at radius 1 is 0.941 bits per heavy atom. The number of ketones is 1. The molecule has 1 atom stereocenters. The van der Waals surface area contributed by atoms with E-state index in [9.17, 15) is 14.7 Å². The summed E-state index contributed by atoms with van der Waals surface area (Å²) >= 11 is 0. The van der Waals surface area contributed by atoms with Crippen LogP contribution in [0.3, 0.4) is 0 Å². The van der Waals surface area contributed by atoms with Crippen molar-refractivity contribution in [3.8, 4) is 11.5 Å². The van der Waals surface area contributed by atoms with Gasteiger partial charge in [-0.25, -0.2) is 0 Å². The second-order valence-corrected chi connectivity index (χ2v) is 8.61. The second kappa shape index (κ2) is 11.2. The van der Waals surface area contributed by atoms with Gasteiger partial charge in [-0.3, -0.25) is 9.59 Å². The van der Waals surface area contributed by atoms with Crippen LogP contribution in [0.1, 0.15) is 51.8 Å². The second-order valence-electron chi connectivity index (χ2n) is 8.61. The number of carbonyl (C=O) groups excluding carboxylic acids is 2. The number of aliphatic hydroxyl groups excluding tert-OH is 1. The summed E-state index contributed by atoms with van der Waals surface area (Å²) < 4.78 is 16.8. The predicted molar refractivity (Wildman–Crippen MR) is 130 cm³/mol. The minimum Gasteiger partial charge on any atom is -0.507 e. The van der Waals surface area contributed by atoms with Crippen LogP contribution < -0.4 is 9.47 Å². The van der Waals surface area contributed by atoms with Crippen molar-refractivity contribution in [3.63, 3.8) is 0 Å². The molecule has 182 valence electrons. The highest BCUT2D eigenvalue weighted by atomic mass is 16.5. The summed E-state index contributed by atoms with van der Waals surface area (Å²) in [6.45, 7) is 10.6. The normalized spacial score (nSPS) is 17.6. The van der Waals surface area contributed by atoms with Crippen molar-refractivity contribution >= 4 is 17.4 Å². The molecule has 7 nitrogen and oxygen atoms in total. The van der Waals surface area contributed by atoms with Crippen molar-refractivity contribution < 1.29 is 28.9 Å². The van der Waals surface area contributed by atoms with E-state index in [0.717, 1.165) is 0 Å². The Labute approximate surface area is 200 Å². The van der Waals surface area contributed by atoms with Crippen LogP contribution in [-0.2, 0) is 14.3 Å². The molecular formula is C27H33NO6. The number of likely N-dealkylation sites (tertiary alicyclic amines) is 1. The lowest BCUT2D eigenvalue weighted by atomic mass is 9.95. The summed E-state index contributed by atoms with van der Waals surface area (Å²) in [4.78, 5) is 27.5. The van der Waals surface area contributed by atoms with Crippen molar-refractivity contribution in [3.05, 3.63) is 65.2 Å². The van der Waals surface area contributed by atoms with E-state index in [1.54, 1.807) is 36.4 Å². The number of benzene rings is 2. The van der Waals surface area contributed by atoms with Gasteiger partial charge >= 0.3 is 0 Å². The summed E-state index contributed by atoms with van der Waals surface area (Å²) in [5, 5.41) is 11.2. The lowest BCUT2D eigenvalue weighted by Gasteiger charge is -2.26. The summed E-state index contributed by atoms with van der Waals surface area (Å²) in [5.41, 5.74) is 1.19. The standard InChI is InChI=1S/C27H33NO6/c1-6-32-21-11-7-19(8-12-21)24-23(26(30)27(31)28(24)15-16-33-17(2)3)25(29)20-9-13-22(14-10-20)34-18(4)5/h7-14,17-18,24,29H,6,15-16H2,1-5H3/b25-23-. The van der Waals surface area contributed by atoms with Gasteiger partial charge in [0.15, 0.2) is 0 Å². The molecule has 7 heteroatoms. The molecule has 1 heterocycles. The smallest absolute Gasteiger partial charge is 0.295 e. The van der Waals surface area contributed by atoms with Crippen LogP contribution in [0, 0.1) is 0 Å². The average molecular weight is 468 g/mol. The first-order valence-electron chi connectivity index (χ1n) is 11.6. The average Bonchev–Trinajstić information content (AvgIpc) is 3.04. The highest BCUT2D eigenvalue weighted by Crippen LogP contribution is 2.39. The number of hydrogen-bond acceptors (Lipinski definition) is 6. The maximum absolute atomic E-state index is 13.1. The molecule has 1 aliphatic rings. The molecule has 1 aliphatic heterocycles. The largest absolute Gasteiger partial charge is 0.507 e. The van der Waals surface area contributed by atoms with Gasteiger partial charge in [0.1, 0.15) is 17.3 Å². The van der Waals surface area contributed by atoms with Gasteiger partial charge in [0.25, 0.3) is 11.7 Å². The van der Waals surface area contributed by atoms with E-state index in [4.69, 9.17) is 14.2 Å². The first kappa shape index (κ1) is 25.3. The first-order valence-corrected chi connectivity index (χ1v) is 11.6. The number of amides is 1. The summed E-state index contributed by atoms with van der Waals surface area (Å²) in [6.07, 6.45) is 0.00445. The molecule has 0 bridgehead atoms. The topological polar surface area (TPSA) is 85.3 Å². The molecular weight excluding hydrogens is 434 g/mol. The van der Waals surface area contributed by atoms with E-state index >= 15 is 0 Å². The fourth-order valence-corrected chi connectivity index (χ4v) is 3.88. The molecule has 1 fully saturated rings. The van der Waals surface area contributed by atoms with Crippen LogP contribution in [0.15, 0.2) is 54.1 Å². The van der Waals surface area contributed by atoms with Crippen LogP contribution in [0.5, 0.6) is 11.5 Å². The third-order valence-corrected chi connectivity index (χ3v) is 5.33. The van der Waals surface area contributed by atoms with E-state index < -0.39 is 17.7 Å². The molecule has 0 saturated carbocycles. The zero-order chi connectivity index (χ0) is 24.8. The van der Waals surface area contributed by atoms with Crippen molar-refractivity contribution in [2.45, 2.75) is 52.9 Å². The molecule has 1 unspecified atom stereocenters. The zero-order valence-electron chi connectivity index (χ0n) is 20.4. The number of ether oxygens (including phenoxy) is 3. The lowest BCUT2D eigenvalue weighted by molar-refractivity contribution is -0.140. The highest BCUT2D eigenvalue weighted by Gasteiger charge is 2.45. The fourth-order valence-electron chi connectivity index (χ4n) is 3.88. The number of nitrogens with zero attached hydrogens (tertiary/aromatic N) is 1. The van der Waals surface area contributed by atoms with Crippen molar-refractivity contribution in [2.24, 2.45) is 0 Å².